The molecule has 0 aromatic carbocycles. The molecular formula is C16H25N3OS. The van der Waals surface area contributed by atoms with Crippen molar-refractivity contribution < 1.29 is 4.79 Å². The van der Waals surface area contributed by atoms with Crippen molar-refractivity contribution in [2.75, 3.05) is 13.1 Å². The van der Waals surface area contributed by atoms with Crippen LogP contribution in [-0.2, 0) is 11.2 Å². The third-order valence-corrected chi connectivity index (χ3v) is 5.64. The second-order valence-corrected chi connectivity index (χ2v) is 7.92. The van der Waals surface area contributed by atoms with Gasteiger partial charge in [0, 0.05) is 24.9 Å². The van der Waals surface area contributed by atoms with Gasteiger partial charge in [-0.25, -0.2) is 0 Å². The summed E-state index contributed by atoms with van der Waals surface area (Å²) in [6.45, 7) is 6.74. The van der Waals surface area contributed by atoms with Gasteiger partial charge in [0.1, 0.15) is 15.8 Å². The summed E-state index contributed by atoms with van der Waals surface area (Å²) < 4.78 is 0. The number of nitrogens with zero attached hydrogens (tertiary/aromatic N) is 3. The smallest absolute Gasteiger partial charge is 0.140 e. The third kappa shape index (κ3) is 4.10. The molecule has 1 aliphatic carbocycles. The molecule has 0 bridgehead atoms. The zero-order valence-electron chi connectivity index (χ0n) is 13.0. The van der Waals surface area contributed by atoms with Gasteiger partial charge in [0.05, 0.1) is 6.42 Å². The summed E-state index contributed by atoms with van der Waals surface area (Å²) >= 11 is 1.65. The average Bonchev–Trinajstić information content (AvgIpc) is 3.20. The molecule has 0 amide bonds. The van der Waals surface area contributed by atoms with Gasteiger partial charge in [-0.2, -0.15) is 0 Å². The lowest BCUT2D eigenvalue weighted by Crippen LogP contribution is -2.40. The summed E-state index contributed by atoms with van der Waals surface area (Å²) in [5.74, 6) is 1.51. The van der Waals surface area contributed by atoms with E-state index in [1.165, 1.54) is 32.2 Å². The van der Waals surface area contributed by atoms with Gasteiger partial charge >= 0.3 is 0 Å². The summed E-state index contributed by atoms with van der Waals surface area (Å²) in [6.07, 6.45) is 6.11. The fourth-order valence-electron chi connectivity index (χ4n) is 3.13. The van der Waals surface area contributed by atoms with E-state index >= 15 is 0 Å². The maximum Gasteiger partial charge on any atom is 0.140 e. The van der Waals surface area contributed by atoms with Crippen LogP contribution in [0.25, 0.3) is 0 Å². The molecule has 4 nitrogen and oxygen atoms in total. The minimum atomic E-state index is 0.337. The van der Waals surface area contributed by atoms with E-state index in [9.17, 15) is 4.79 Å². The van der Waals surface area contributed by atoms with Crippen LogP contribution in [0, 0.1) is 5.92 Å². The molecule has 0 unspecified atom stereocenters. The van der Waals surface area contributed by atoms with Gasteiger partial charge < -0.3 is 4.90 Å². The van der Waals surface area contributed by atoms with Crippen LogP contribution in [0.5, 0.6) is 0 Å². The largest absolute Gasteiger partial charge is 0.301 e. The van der Waals surface area contributed by atoms with E-state index in [0.717, 1.165) is 16.6 Å². The highest BCUT2D eigenvalue weighted by atomic mass is 32.1. The highest BCUT2D eigenvalue weighted by Gasteiger charge is 2.28. The molecule has 1 saturated heterocycles. The van der Waals surface area contributed by atoms with Crippen molar-refractivity contribution in [3.63, 3.8) is 0 Å². The topological polar surface area (TPSA) is 46.1 Å². The van der Waals surface area contributed by atoms with Crippen LogP contribution in [0.3, 0.4) is 0 Å². The van der Waals surface area contributed by atoms with Crippen molar-refractivity contribution in [1.29, 1.82) is 0 Å². The van der Waals surface area contributed by atoms with Crippen LogP contribution in [0.4, 0.5) is 0 Å². The van der Waals surface area contributed by atoms with E-state index in [-0.39, 0.29) is 0 Å². The highest BCUT2D eigenvalue weighted by molar-refractivity contribution is 7.11. The number of carbonyl (C=O) groups excluding carboxylic acids is 1. The van der Waals surface area contributed by atoms with Crippen molar-refractivity contribution in [3.8, 4) is 0 Å². The van der Waals surface area contributed by atoms with Crippen LogP contribution in [0.15, 0.2) is 0 Å². The maximum atomic E-state index is 12.3. The van der Waals surface area contributed by atoms with E-state index in [1.807, 2.05) is 0 Å². The van der Waals surface area contributed by atoms with E-state index < -0.39 is 0 Å². The molecule has 0 N–H and O–H groups in total. The predicted molar refractivity (Wildman–Crippen MR) is 84.6 cm³/mol. The summed E-state index contributed by atoms with van der Waals surface area (Å²) in [4.78, 5) is 14.8. The lowest BCUT2D eigenvalue weighted by Gasteiger charge is -2.35. The molecule has 2 fully saturated rings. The van der Waals surface area contributed by atoms with Crippen molar-refractivity contribution in [2.24, 2.45) is 5.92 Å². The first-order valence-corrected chi connectivity index (χ1v) is 9.01. The number of piperidine rings is 1. The van der Waals surface area contributed by atoms with Crippen LogP contribution in [0.1, 0.15) is 61.9 Å². The molecule has 5 heteroatoms. The van der Waals surface area contributed by atoms with Crippen molar-refractivity contribution >= 4 is 17.1 Å². The van der Waals surface area contributed by atoms with Crippen molar-refractivity contribution in [3.05, 3.63) is 10.0 Å². The van der Waals surface area contributed by atoms with Gasteiger partial charge in [0.25, 0.3) is 0 Å². The molecular weight excluding hydrogens is 282 g/mol. The summed E-state index contributed by atoms with van der Waals surface area (Å²) in [5.41, 5.74) is 0. The zero-order valence-corrected chi connectivity index (χ0v) is 13.9. The monoisotopic (exact) mass is 307 g/mol. The fraction of sp³-hybridized carbons (Fsp3) is 0.812. The molecule has 21 heavy (non-hydrogen) atoms. The van der Waals surface area contributed by atoms with Crippen LogP contribution < -0.4 is 0 Å². The first-order chi connectivity index (χ1) is 10.1. The zero-order chi connectivity index (χ0) is 14.8. The molecule has 1 aromatic heterocycles. The number of ketones is 1. The normalized spacial score (nSPS) is 23.7. The lowest BCUT2D eigenvalue weighted by molar-refractivity contribution is -0.119. The Labute approximate surface area is 130 Å². The minimum Gasteiger partial charge on any atom is -0.301 e. The third-order valence-electron chi connectivity index (χ3n) is 4.55. The van der Waals surface area contributed by atoms with Gasteiger partial charge in [-0.15, -0.1) is 21.5 Å². The predicted octanol–water partition coefficient (Wildman–Crippen LogP) is 3.04. The van der Waals surface area contributed by atoms with Gasteiger partial charge in [-0.3, -0.25) is 4.79 Å². The molecule has 1 aromatic rings. The molecule has 1 saturated carbocycles. The number of aromatic nitrogens is 2. The molecule has 2 aliphatic rings. The Morgan fingerprint density at radius 1 is 1.33 bits per heavy atom. The first kappa shape index (κ1) is 15.1. The van der Waals surface area contributed by atoms with Gasteiger partial charge in [0.2, 0.25) is 0 Å². The van der Waals surface area contributed by atoms with Crippen molar-refractivity contribution in [1.82, 2.24) is 15.1 Å². The number of hydrogen-bond donors (Lipinski definition) is 0. The Kier molecular flexibility index (Phi) is 4.69. The number of carbonyl (C=O) groups is 1. The molecule has 116 valence electrons. The summed E-state index contributed by atoms with van der Waals surface area (Å²) in [7, 11) is 0. The standard InChI is InChI=1S/C16H25N3OS/c1-11(2)19-7-3-4-12(10-19)8-14(20)9-15-17-18-16(21-15)13-5-6-13/h11-13H,3-10H2,1-2H3/t12-/m0/s1. The second-order valence-electron chi connectivity index (χ2n) is 6.82. The Morgan fingerprint density at radius 3 is 2.86 bits per heavy atom. The fourth-order valence-corrected chi connectivity index (χ4v) is 4.17. The summed E-state index contributed by atoms with van der Waals surface area (Å²) in [5, 5.41) is 10.5. The molecule has 1 aliphatic heterocycles. The Hall–Kier alpha value is -0.810. The number of hydrogen-bond acceptors (Lipinski definition) is 5. The van der Waals surface area contributed by atoms with Crippen LogP contribution in [-0.4, -0.2) is 40.0 Å². The van der Waals surface area contributed by atoms with E-state index in [1.54, 1.807) is 11.3 Å². The Balaban J connectivity index is 1.48. The second kappa shape index (κ2) is 6.53. The number of rotatable bonds is 6. The number of likely N-dealkylation sites (tertiary alicyclic amines) is 1. The van der Waals surface area contributed by atoms with Crippen LogP contribution in [0.2, 0.25) is 0 Å². The lowest BCUT2D eigenvalue weighted by atomic mass is 9.91. The Bertz CT molecular complexity index is 495. The van der Waals surface area contributed by atoms with E-state index in [2.05, 4.69) is 28.9 Å². The van der Waals surface area contributed by atoms with E-state index in [0.29, 0.717) is 36.5 Å². The molecule has 3 rings (SSSR count). The van der Waals surface area contributed by atoms with E-state index in [4.69, 9.17) is 0 Å². The van der Waals surface area contributed by atoms with Gasteiger partial charge in [-0.1, -0.05) is 0 Å². The molecule has 0 spiro atoms. The minimum absolute atomic E-state index is 0.337. The first-order valence-electron chi connectivity index (χ1n) is 8.20. The maximum absolute atomic E-state index is 12.3. The highest BCUT2D eigenvalue weighted by Crippen LogP contribution is 2.41. The van der Waals surface area contributed by atoms with Crippen LogP contribution >= 0.6 is 11.3 Å². The number of Topliss-reactive ketones (excluding diaryl/α,β-unsaturated/α-hetero) is 1. The quantitative estimate of drug-likeness (QED) is 0.810. The Morgan fingerprint density at radius 2 is 2.14 bits per heavy atom. The SMILES string of the molecule is CC(C)N1CCC[C@@H](CC(=O)Cc2nnc(C3CC3)s2)C1. The molecule has 0 radical (unpaired) electrons. The summed E-state index contributed by atoms with van der Waals surface area (Å²) in [6, 6.07) is 0.590. The molecule has 1 atom stereocenters. The van der Waals surface area contributed by atoms with Gasteiger partial charge in [-0.05, 0) is 52.0 Å². The van der Waals surface area contributed by atoms with Gasteiger partial charge in [0.15, 0.2) is 0 Å². The average molecular weight is 307 g/mol. The molecule has 2 heterocycles. The van der Waals surface area contributed by atoms with Crippen molar-refractivity contribution in [2.45, 2.75) is 64.3 Å².